The lowest BCUT2D eigenvalue weighted by atomic mass is 9.97. The molecule has 156 valence electrons. The van der Waals surface area contributed by atoms with Crippen LogP contribution in [0.5, 0.6) is 11.6 Å². The van der Waals surface area contributed by atoms with Gasteiger partial charge < -0.3 is 20.5 Å². The average Bonchev–Trinajstić information content (AvgIpc) is 2.78. The van der Waals surface area contributed by atoms with Gasteiger partial charge in [0.25, 0.3) is 0 Å². The lowest BCUT2D eigenvalue weighted by Crippen LogP contribution is -2.22. The Kier molecular flexibility index (Phi) is 6.57. The average molecular weight is 405 g/mol. The van der Waals surface area contributed by atoms with Gasteiger partial charge in [-0.25, -0.2) is 4.98 Å². The van der Waals surface area contributed by atoms with Gasteiger partial charge in [-0.1, -0.05) is 18.2 Å². The van der Waals surface area contributed by atoms with Crippen molar-refractivity contribution in [1.82, 2.24) is 10.3 Å². The van der Waals surface area contributed by atoms with E-state index in [4.69, 9.17) is 20.2 Å². The Morgan fingerprint density at radius 2 is 1.90 bits per heavy atom. The maximum atomic E-state index is 11.3. The Morgan fingerprint density at radius 3 is 2.67 bits per heavy atom. The first-order chi connectivity index (χ1) is 14.7. The van der Waals surface area contributed by atoms with Crippen LogP contribution < -0.4 is 15.8 Å². The number of fused-ring (bicyclic) bond motifs is 1. The topological polar surface area (TPSA) is 86.5 Å². The molecule has 3 N–H and O–H groups in total. The van der Waals surface area contributed by atoms with E-state index < -0.39 is 5.91 Å². The molecule has 0 unspecified atom stereocenters. The molecule has 0 atom stereocenters. The van der Waals surface area contributed by atoms with Crippen molar-refractivity contribution >= 4 is 16.7 Å². The fraction of sp³-hybridized carbons (Fsp3) is 0.333. The van der Waals surface area contributed by atoms with Crippen molar-refractivity contribution in [2.45, 2.75) is 25.8 Å². The maximum absolute atomic E-state index is 11.3. The van der Waals surface area contributed by atoms with E-state index in [1.807, 2.05) is 18.2 Å². The molecule has 1 aromatic heterocycles. The number of ether oxygens (including phenoxy) is 2. The molecular formula is C24H27N3O3. The zero-order chi connectivity index (χ0) is 20.8. The lowest BCUT2D eigenvalue weighted by molar-refractivity contribution is 0.0639. The first-order valence-electron chi connectivity index (χ1n) is 10.4. The number of pyridine rings is 1. The Morgan fingerprint density at radius 1 is 1.13 bits per heavy atom. The highest BCUT2D eigenvalue weighted by Gasteiger charge is 2.13. The molecule has 1 aliphatic rings. The molecule has 0 aliphatic carbocycles. The summed E-state index contributed by atoms with van der Waals surface area (Å²) in [5.74, 6) is 1.46. The summed E-state index contributed by atoms with van der Waals surface area (Å²) in [5, 5.41) is 5.54. The molecule has 0 bridgehead atoms. The summed E-state index contributed by atoms with van der Waals surface area (Å²) >= 11 is 0. The number of aromatic nitrogens is 1. The number of benzene rings is 2. The summed E-state index contributed by atoms with van der Waals surface area (Å²) in [6, 6.07) is 16.9. The van der Waals surface area contributed by atoms with Crippen LogP contribution in [0.25, 0.3) is 10.8 Å². The normalized spacial score (nSPS) is 14.7. The van der Waals surface area contributed by atoms with Crippen molar-refractivity contribution in [3.63, 3.8) is 0 Å². The zero-order valence-corrected chi connectivity index (χ0v) is 17.0. The fourth-order valence-corrected chi connectivity index (χ4v) is 3.75. The van der Waals surface area contributed by atoms with Crippen molar-refractivity contribution in [2.24, 2.45) is 11.7 Å². The van der Waals surface area contributed by atoms with Crippen LogP contribution in [0.4, 0.5) is 0 Å². The summed E-state index contributed by atoms with van der Waals surface area (Å²) in [4.78, 5) is 16.0. The molecule has 3 aromatic rings. The predicted octanol–water partition coefficient (Wildman–Crippen LogP) is 4.03. The number of amides is 1. The van der Waals surface area contributed by atoms with Crippen molar-refractivity contribution in [3.8, 4) is 11.6 Å². The number of nitrogens with one attached hydrogen (secondary N) is 1. The number of hydrogen-bond acceptors (Lipinski definition) is 5. The van der Waals surface area contributed by atoms with Crippen LogP contribution in [-0.4, -0.2) is 30.6 Å². The van der Waals surface area contributed by atoms with Crippen LogP contribution >= 0.6 is 0 Å². The number of rotatable bonds is 8. The summed E-state index contributed by atoms with van der Waals surface area (Å²) in [6.45, 7) is 3.42. The second-order valence-corrected chi connectivity index (χ2v) is 7.65. The van der Waals surface area contributed by atoms with Crippen LogP contribution in [0.1, 0.15) is 35.3 Å². The number of nitrogens with zero attached hydrogens (tertiary/aromatic N) is 1. The molecule has 30 heavy (non-hydrogen) atoms. The number of primary amides is 1. The molecule has 6 heteroatoms. The number of nitrogens with two attached hydrogens (primary N) is 1. The molecule has 2 heterocycles. The smallest absolute Gasteiger partial charge is 0.248 e. The van der Waals surface area contributed by atoms with Crippen LogP contribution in [0, 0.1) is 5.92 Å². The van der Waals surface area contributed by atoms with Gasteiger partial charge in [0, 0.05) is 30.7 Å². The highest BCUT2D eigenvalue weighted by atomic mass is 16.5. The minimum Gasteiger partial charge on any atom is -0.438 e. The van der Waals surface area contributed by atoms with Crippen molar-refractivity contribution in [2.75, 3.05) is 19.8 Å². The molecule has 1 amide bonds. The molecule has 1 saturated heterocycles. The zero-order valence-electron chi connectivity index (χ0n) is 17.0. The van der Waals surface area contributed by atoms with Gasteiger partial charge in [-0.05, 0) is 73.5 Å². The summed E-state index contributed by atoms with van der Waals surface area (Å²) in [7, 11) is 0. The Hall–Kier alpha value is -2.96. The summed E-state index contributed by atoms with van der Waals surface area (Å²) in [5.41, 5.74) is 6.69. The van der Waals surface area contributed by atoms with E-state index in [0.29, 0.717) is 23.7 Å². The minimum atomic E-state index is -0.459. The standard InChI is InChI=1S/C24H27N3O3/c25-23(28)18-5-7-21(8-6-18)30-24-22-4-2-1-3-19(22)15-20(27-24)16-26-12-9-17-10-13-29-14-11-17/h1-8,15,17,26H,9-14,16H2,(H2,25,28). The maximum Gasteiger partial charge on any atom is 0.248 e. The molecular weight excluding hydrogens is 378 g/mol. The minimum absolute atomic E-state index is 0.447. The highest BCUT2D eigenvalue weighted by molar-refractivity contribution is 5.93. The summed E-state index contributed by atoms with van der Waals surface area (Å²) in [6.07, 6.45) is 3.47. The van der Waals surface area contributed by atoms with Crippen molar-refractivity contribution < 1.29 is 14.3 Å². The Bertz CT molecular complexity index is 998. The van der Waals surface area contributed by atoms with Crippen molar-refractivity contribution in [1.29, 1.82) is 0 Å². The number of carbonyl (C=O) groups excluding carboxylic acids is 1. The van der Waals surface area contributed by atoms with E-state index in [0.717, 1.165) is 61.4 Å². The van der Waals surface area contributed by atoms with E-state index in [1.54, 1.807) is 24.3 Å². The molecule has 0 saturated carbocycles. The molecule has 0 spiro atoms. The van der Waals surface area contributed by atoms with Crippen LogP contribution in [0.2, 0.25) is 0 Å². The van der Waals surface area contributed by atoms with E-state index in [-0.39, 0.29) is 0 Å². The van der Waals surface area contributed by atoms with E-state index >= 15 is 0 Å². The fourth-order valence-electron chi connectivity index (χ4n) is 3.75. The largest absolute Gasteiger partial charge is 0.438 e. The monoisotopic (exact) mass is 405 g/mol. The molecule has 2 aromatic carbocycles. The second kappa shape index (κ2) is 9.69. The molecule has 4 rings (SSSR count). The molecule has 6 nitrogen and oxygen atoms in total. The first-order valence-corrected chi connectivity index (χ1v) is 10.4. The van der Waals surface area contributed by atoms with E-state index in [2.05, 4.69) is 17.4 Å². The lowest BCUT2D eigenvalue weighted by Gasteiger charge is -2.21. The third-order valence-electron chi connectivity index (χ3n) is 5.49. The third-order valence-corrected chi connectivity index (χ3v) is 5.49. The van der Waals surface area contributed by atoms with Gasteiger partial charge in [0.1, 0.15) is 5.75 Å². The first kappa shape index (κ1) is 20.3. The van der Waals surface area contributed by atoms with Gasteiger partial charge in [0.2, 0.25) is 11.8 Å². The van der Waals surface area contributed by atoms with Crippen LogP contribution in [0.15, 0.2) is 54.6 Å². The van der Waals surface area contributed by atoms with Crippen LogP contribution in [0.3, 0.4) is 0 Å². The number of hydrogen-bond donors (Lipinski definition) is 2. The van der Waals surface area contributed by atoms with Gasteiger partial charge >= 0.3 is 0 Å². The summed E-state index contributed by atoms with van der Waals surface area (Å²) < 4.78 is 11.5. The van der Waals surface area contributed by atoms with Gasteiger partial charge in [-0.3, -0.25) is 4.79 Å². The quantitative estimate of drug-likeness (QED) is 0.553. The molecule has 0 radical (unpaired) electrons. The molecule has 1 aliphatic heterocycles. The van der Waals surface area contributed by atoms with Gasteiger partial charge in [-0.2, -0.15) is 0 Å². The second-order valence-electron chi connectivity index (χ2n) is 7.65. The van der Waals surface area contributed by atoms with Gasteiger partial charge in [0.15, 0.2) is 0 Å². The van der Waals surface area contributed by atoms with Crippen LogP contribution in [-0.2, 0) is 11.3 Å². The molecule has 1 fully saturated rings. The Balaban J connectivity index is 1.45. The Labute approximate surface area is 176 Å². The van der Waals surface area contributed by atoms with Gasteiger partial charge in [-0.15, -0.1) is 0 Å². The van der Waals surface area contributed by atoms with Gasteiger partial charge in [0.05, 0.1) is 5.69 Å². The number of carbonyl (C=O) groups is 1. The predicted molar refractivity (Wildman–Crippen MR) is 117 cm³/mol. The van der Waals surface area contributed by atoms with Crippen molar-refractivity contribution in [3.05, 3.63) is 65.9 Å². The highest BCUT2D eigenvalue weighted by Crippen LogP contribution is 2.29. The SMILES string of the molecule is NC(=O)c1ccc(Oc2nc(CNCCC3CCOCC3)cc3ccccc23)cc1. The van der Waals surface area contributed by atoms with E-state index in [1.165, 1.54) is 0 Å². The third kappa shape index (κ3) is 5.14. The van der Waals surface area contributed by atoms with E-state index in [9.17, 15) is 4.79 Å².